The first-order chi connectivity index (χ1) is 8.15. The zero-order valence-corrected chi connectivity index (χ0v) is 9.65. The summed E-state index contributed by atoms with van der Waals surface area (Å²) >= 11 is 0. The number of hydrogen-bond donors (Lipinski definition) is 3. The van der Waals surface area contributed by atoms with Gasteiger partial charge in [0, 0.05) is 0 Å². The average molecular weight is 235 g/mol. The SMILES string of the molecule is Nc1ccc(C(=O)NC2(CO)CCCC2)nc1. The summed E-state index contributed by atoms with van der Waals surface area (Å²) < 4.78 is 0. The predicted octanol–water partition coefficient (Wildman–Crippen LogP) is 0.699. The van der Waals surface area contributed by atoms with E-state index in [0.717, 1.165) is 25.7 Å². The summed E-state index contributed by atoms with van der Waals surface area (Å²) in [4.78, 5) is 15.9. The van der Waals surface area contributed by atoms with E-state index in [1.54, 1.807) is 12.1 Å². The molecule has 0 aromatic carbocycles. The van der Waals surface area contributed by atoms with Crippen molar-refractivity contribution < 1.29 is 9.90 Å². The van der Waals surface area contributed by atoms with Crippen LogP contribution in [0, 0.1) is 0 Å². The van der Waals surface area contributed by atoms with Crippen molar-refractivity contribution in [2.45, 2.75) is 31.2 Å². The van der Waals surface area contributed by atoms with Crippen molar-refractivity contribution in [1.29, 1.82) is 0 Å². The van der Waals surface area contributed by atoms with E-state index in [1.165, 1.54) is 6.20 Å². The van der Waals surface area contributed by atoms with E-state index in [0.29, 0.717) is 11.4 Å². The molecule has 1 amide bonds. The maximum absolute atomic E-state index is 12.0. The first kappa shape index (κ1) is 11.9. The Morgan fingerprint density at radius 1 is 1.47 bits per heavy atom. The number of amides is 1. The van der Waals surface area contributed by atoms with Crippen molar-refractivity contribution >= 4 is 11.6 Å². The Balaban J connectivity index is 2.08. The van der Waals surface area contributed by atoms with Crippen LogP contribution in [0.2, 0.25) is 0 Å². The number of aliphatic hydroxyl groups excluding tert-OH is 1. The van der Waals surface area contributed by atoms with Crippen molar-refractivity contribution in [3.05, 3.63) is 24.0 Å². The van der Waals surface area contributed by atoms with Gasteiger partial charge in [-0.05, 0) is 25.0 Å². The van der Waals surface area contributed by atoms with Crippen molar-refractivity contribution in [3.8, 4) is 0 Å². The van der Waals surface area contributed by atoms with E-state index in [2.05, 4.69) is 10.3 Å². The predicted molar refractivity (Wildman–Crippen MR) is 64.4 cm³/mol. The van der Waals surface area contributed by atoms with Gasteiger partial charge in [0.2, 0.25) is 0 Å². The maximum Gasteiger partial charge on any atom is 0.270 e. The topological polar surface area (TPSA) is 88.2 Å². The van der Waals surface area contributed by atoms with Crippen LogP contribution in [0.25, 0.3) is 0 Å². The number of aliphatic hydroxyl groups is 1. The molecule has 2 rings (SSSR count). The number of nitrogen functional groups attached to an aromatic ring is 1. The first-order valence-corrected chi connectivity index (χ1v) is 5.80. The minimum atomic E-state index is -0.458. The van der Waals surface area contributed by atoms with Crippen LogP contribution < -0.4 is 11.1 Å². The lowest BCUT2D eigenvalue weighted by atomic mass is 9.98. The van der Waals surface area contributed by atoms with Crippen LogP contribution in [0.5, 0.6) is 0 Å². The second-order valence-corrected chi connectivity index (χ2v) is 4.58. The highest BCUT2D eigenvalue weighted by molar-refractivity contribution is 5.93. The zero-order chi connectivity index (χ0) is 12.3. The van der Waals surface area contributed by atoms with Crippen LogP contribution in [-0.4, -0.2) is 28.1 Å². The van der Waals surface area contributed by atoms with E-state index < -0.39 is 5.54 Å². The first-order valence-electron chi connectivity index (χ1n) is 5.80. The largest absolute Gasteiger partial charge is 0.397 e. The molecule has 5 heteroatoms. The minimum absolute atomic E-state index is 0.0201. The van der Waals surface area contributed by atoms with Gasteiger partial charge in [-0.1, -0.05) is 12.8 Å². The lowest BCUT2D eigenvalue weighted by Gasteiger charge is -2.27. The van der Waals surface area contributed by atoms with Gasteiger partial charge < -0.3 is 16.2 Å². The molecule has 92 valence electrons. The fourth-order valence-electron chi connectivity index (χ4n) is 2.22. The van der Waals surface area contributed by atoms with E-state index in [9.17, 15) is 9.90 Å². The fourth-order valence-corrected chi connectivity index (χ4v) is 2.22. The molecule has 1 fully saturated rings. The molecule has 1 aliphatic rings. The molecule has 17 heavy (non-hydrogen) atoms. The standard InChI is InChI=1S/C12H17N3O2/c13-9-3-4-10(14-7-9)11(17)15-12(8-16)5-1-2-6-12/h3-4,7,16H,1-2,5-6,8,13H2,(H,15,17). The Labute approximate surface area is 100 Å². The highest BCUT2D eigenvalue weighted by Gasteiger charge is 2.34. The molecule has 0 bridgehead atoms. The van der Waals surface area contributed by atoms with Gasteiger partial charge in [-0.15, -0.1) is 0 Å². The van der Waals surface area contributed by atoms with Gasteiger partial charge in [0.25, 0.3) is 5.91 Å². The number of aromatic nitrogens is 1. The van der Waals surface area contributed by atoms with Crippen molar-refractivity contribution in [1.82, 2.24) is 10.3 Å². The third-order valence-corrected chi connectivity index (χ3v) is 3.26. The molecular weight excluding hydrogens is 218 g/mol. The average Bonchev–Trinajstić information content (AvgIpc) is 2.79. The molecule has 0 aliphatic heterocycles. The van der Waals surface area contributed by atoms with E-state index in [4.69, 9.17) is 5.73 Å². The molecule has 0 spiro atoms. The van der Waals surface area contributed by atoms with Gasteiger partial charge >= 0.3 is 0 Å². The molecular formula is C12H17N3O2. The summed E-state index contributed by atoms with van der Waals surface area (Å²) in [6, 6.07) is 3.23. The van der Waals surface area contributed by atoms with Crippen molar-refractivity contribution in [2.75, 3.05) is 12.3 Å². The van der Waals surface area contributed by atoms with Crippen LogP contribution in [-0.2, 0) is 0 Å². The summed E-state index contributed by atoms with van der Waals surface area (Å²) in [6.07, 6.45) is 5.18. The maximum atomic E-state index is 12.0. The Hall–Kier alpha value is -1.62. The number of nitrogens with zero attached hydrogens (tertiary/aromatic N) is 1. The molecule has 0 saturated heterocycles. The molecule has 1 aromatic rings. The Morgan fingerprint density at radius 2 is 2.18 bits per heavy atom. The van der Waals surface area contributed by atoms with Crippen LogP contribution in [0.15, 0.2) is 18.3 Å². The molecule has 0 radical (unpaired) electrons. The number of hydrogen-bond acceptors (Lipinski definition) is 4. The van der Waals surface area contributed by atoms with Crippen LogP contribution in [0.1, 0.15) is 36.2 Å². The van der Waals surface area contributed by atoms with Gasteiger partial charge in [0.1, 0.15) is 5.69 Å². The van der Waals surface area contributed by atoms with Gasteiger partial charge in [-0.3, -0.25) is 4.79 Å². The number of carbonyl (C=O) groups is 1. The second-order valence-electron chi connectivity index (χ2n) is 4.58. The third-order valence-electron chi connectivity index (χ3n) is 3.26. The molecule has 5 nitrogen and oxygen atoms in total. The van der Waals surface area contributed by atoms with Crippen LogP contribution in [0.4, 0.5) is 5.69 Å². The Morgan fingerprint density at radius 3 is 2.71 bits per heavy atom. The summed E-state index contributed by atoms with van der Waals surface area (Å²) in [5.74, 6) is -0.249. The second kappa shape index (κ2) is 4.71. The highest BCUT2D eigenvalue weighted by atomic mass is 16.3. The highest BCUT2D eigenvalue weighted by Crippen LogP contribution is 2.29. The monoisotopic (exact) mass is 235 g/mol. The normalized spacial score (nSPS) is 17.9. The smallest absolute Gasteiger partial charge is 0.270 e. The third kappa shape index (κ3) is 2.55. The molecule has 1 aromatic heterocycles. The Kier molecular flexibility index (Phi) is 3.28. The quantitative estimate of drug-likeness (QED) is 0.719. The van der Waals surface area contributed by atoms with Crippen molar-refractivity contribution in [3.63, 3.8) is 0 Å². The van der Waals surface area contributed by atoms with E-state index in [1.807, 2.05) is 0 Å². The summed E-state index contributed by atoms with van der Waals surface area (Å²) in [5, 5.41) is 12.3. The molecule has 1 aliphatic carbocycles. The number of pyridine rings is 1. The fraction of sp³-hybridized carbons (Fsp3) is 0.500. The molecule has 1 heterocycles. The molecule has 4 N–H and O–H groups in total. The molecule has 0 unspecified atom stereocenters. The number of rotatable bonds is 3. The van der Waals surface area contributed by atoms with Gasteiger partial charge in [0.05, 0.1) is 24.0 Å². The van der Waals surface area contributed by atoms with Crippen LogP contribution >= 0.6 is 0 Å². The van der Waals surface area contributed by atoms with Gasteiger partial charge in [0.15, 0.2) is 0 Å². The van der Waals surface area contributed by atoms with Crippen molar-refractivity contribution in [2.24, 2.45) is 0 Å². The number of nitrogens with one attached hydrogen (secondary N) is 1. The lowest BCUT2D eigenvalue weighted by molar-refractivity contribution is 0.0833. The molecule has 1 saturated carbocycles. The number of anilines is 1. The molecule has 0 atom stereocenters. The van der Waals surface area contributed by atoms with E-state index in [-0.39, 0.29) is 12.5 Å². The van der Waals surface area contributed by atoms with Gasteiger partial charge in [-0.25, -0.2) is 4.98 Å². The summed E-state index contributed by atoms with van der Waals surface area (Å²) in [6.45, 7) is -0.0201. The van der Waals surface area contributed by atoms with E-state index >= 15 is 0 Å². The summed E-state index contributed by atoms with van der Waals surface area (Å²) in [5.41, 5.74) is 5.91. The Bertz CT molecular complexity index is 397. The lowest BCUT2D eigenvalue weighted by Crippen LogP contribution is -2.49. The number of nitrogens with two attached hydrogens (primary N) is 1. The summed E-state index contributed by atoms with van der Waals surface area (Å²) in [7, 11) is 0. The van der Waals surface area contributed by atoms with Gasteiger partial charge in [-0.2, -0.15) is 0 Å². The number of carbonyl (C=O) groups excluding carboxylic acids is 1. The minimum Gasteiger partial charge on any atom is -0.397 e. The zero-order valence-electron chi connectivity index (χ0n) is 9.65. The van der Waals surface area contributed by atoms with Crippen LogP contribution in [0.3, 0.4) is 0 Å².